The van der Waals surface area contributed by atoms with Crippen LogP contribution in [0.25, 0.3) is 0 Å². The first kappa shape index (κ1) is 14.7. The largest absolute Gasteiger partial charge is 0.416 e. The third kappa shape index (κ3) is 3.66. The zero-order valence-electron chi connectivity index (χ0n) is 11.2. The maximum Gasteiger partial charge on any atom is 0.416 e. The summed E-state index contributed by atoms with van der Waals surface area (Å²) in [5.41, 5.74) is 0.238. The molecular weight excluding hydrogens is 265 g/mol. The van der Waals surface area contributed by atoms with Gasteiger partial charge in [-0.05, 0) is 49.4 Å². The second kappa shape index (κ2) is 6.17. The van der Waals surface area contributed by atoms with Crippen molar-refractivity contribution >= 4 is 5.69 Å². The van der Waals surface area contributed by atoms with Crippen LogP contribution in [-0.2, 0) is 6.18 Å². The molecule has 0 N–H and O–H groups in total. The van der Waals surface area contributed by atoms with E-state index >= 15 is 0 Å². The minimum Gasteiger partial charge on any atom is -0.372 e. The van der Waals surface area contributed by atoms with E-state index in [2.05, 4.69) is 11.0 Å². The fraction of sp³-hybridized carbons (Fsp3) is 0.533. The molecule has 5 heteroatoms. The first-order chi connectivity index (χ1) is 9.50. The van der Waals surface area contributed by atoms with Gasteiger partial charge < -0.3 is 4.90 Å². The molecule has 1 fully saturated rings. The van der Waals surface area contributed by atoms with Crippen LogP contribution >= 0.6 is 0 Å². The molecule has 1 heterocycles. The summed E-state index contributed by atoms with van der Waals surface area (Å²) in [5, 5.41) is 8.57. The Hall–Kier alpha value is -1.70. The molecule has 108 valence electrons. The molecule has 0 atom stereocenters. The molecule has 0 radical (unpaired) electrons. The summed E-state index contributed by atoms with van der Waals surface area (Å²) in [6.07, 6.45) is -0.753. The summed E-state index contributed by atoms with van der Waals surface area (Å²) in [5.74, 6) is 0.570. The number of nitriles is 1. The highest BCUT2D eigenvalue weighted by Crippen LogP contribution is 2.31. The van der Waals surface area contributed by atoms with E-state index in [1.165, 1.54) is 0 Å². The van der Waals surface area contributed by atoms with Gasteiger partial charge in [-0.25, -0.2) is 0 Å². The van der Waals surface area contributed by atoms with E-state index < -0.39 is 11.7 Å². The number of halogens is 3. The summed E-state index contributed by atoms with van der Waals surface area (Å²) in [6.45, 7) is 1.70. The molecule has 1 aliphatic heterocycles. The number of nitrogens with zero attached hydrogens (tertiary/aromatic N) is 2. The lowest BCUT2D eigenvalue weighted by molar-refractivity contribution is -0.137. The van der Waals surface area contributed by atoms with Crippen LogP contribution in [0.3, 0.4) is 0 Å². The second-order valence-electron chi connectivity index (χ2n) is 5.17. The zero-order chi connectivity index (χ0) is 14.6. The van der Waals surface area contributed by atoms with Gasteiger partial charge in [0.25, 0.3) is 0 Å². The molecule has 2 rings (SSSR count). The van der Waals surface area contributed by atoms with Crippen molar-refractivity contribution in [2.24, 2.45) is 5.92 Å². The van der Waals surface area contributed by atoms with Gasteiger partial charge in [-0.2, -0.15) is 18.4 Å². The van der Waals surface area contributed by atoms with Crippen molar-refractivity contribution in [3.8, 4) is 6.07 Å². The number of anilines is 1. The van der Waals surface area contributed by atoms with Gasteiger partial charge >= 0.3 is 6.18 Å². The predicted molar refractivity (Wildman–Crippen MR) is 71.2 cm³/mol. The SMILES string of the molecule is N#CCCC1CCN(c2ccc(C(F)(F)F)cc2)CC1. The third-order valence-corrected chi connectivity index (χ3v) is 3.84. The van der Waals surface area contributed by atoms with Crippen molar-refractivity contribution in [1.29, 1.82) is 5.26 Å². The lowest BCUT2D eigenvalue weighted by Gasteiger charge is -2.33. The number of alkyl halides is 3. The van der Waals surface area contributed by atoms with Gasteiger partial charge in [-0.1, -0.05) is 0 Å². The number of benzene rings is 1. The van der Waals surface area contributed by atoms with Crippen molar-refractivity contribution in [3.63, 3.8) is 0 Å². The lowest BCUT2D eigenvalue weighted by Crippen LogP contribution is -2.33. The van der Waals surface area contributed by atoms with E-state index in [0.29, 0.717) is 12.3 Å². The van der Waals surface area contributed by atoms with Gasteiger partial charge in [0.1, 0.15) is 0 Å². The molecule has 2 nitrogen and oxygen atoms in total. The highest BCUT2D eigenvalue weighted by Gasteiger charge is 2.30. The minimum absolute atomic E-state index is 0.570. The Morgan fingerprint density at radius 2 is 1.75 bits per heavy atom. The van der Waals surface area contributed by atoms with Crippen molar-refractivity contribution in [2.45, 2.75) is 31.9 Å². The molecule has 0 amide bonds. The van der Waals surface area contributed by atoms with Crippen molar-refractivity contribution in [2.75, 3.05) is 18.0 Å². The van der Waals surface area contributed by atoms with Crippen LogP contribution in [0.2, 0.25) is 0 Å². The second-order valence-corrected chi connectivity index (χ2v) is 5.17. The Morgan fingerprint density at radius 3 is 2.25 bits per heavy atom. The molecule has 1 aromatic carbocycles. The van der Waals surface area contributed by atoms with Crippen LogP contribution in [0.4, 0.5) is 18.9 Å². The van der Waals surface area contributed by atoms with Crippen LogP contribution in [0.5, 0.6) is 0 Å². The van der Waals surface area contributed by atoms with Crippen molar-refractivity contribution < 1.29 is 13.2 Å². The smallest absolute Gasteiger partial charge is 0.372 e. The maximum atomic E-state index is 12.5. The Bertz CT molecular complexity index is 465. The number of hydrogen-bond acceptors (Lipinski definition) is 2. The molecule has 1 aromatic rings. The van der Waals surface area contributed by atoms with E-state index in [9.17, 15) is 13.2 Å². The van der Waals surface area contributed by atoms with E-state index in [1.54, 1.807) is 12.1 Å². The fourth-order valence-electron chi connectivity index (χ4n) is 2.61. The Kier molecular flexibility index (Phi) is 4.53. The van der Waals surface area contributed by atoms with Gasteiger partial charge in [0.2, 0.25) is 0 Å². The average Bonchev–Trinajstić information content (AvgIpc) is 2.45. The first-order valence-electron chi connectivity index (χ1n) is 6.80. The van der Waals surface area contributed by atoms with Gasteiger partial charge in [-0.15, -0.1) is 0 Å². The molecule has 20 heavy (non-hydrogen) atoms. The Balaban J connectivity index is 1.92. The summed E-state index contributed by atoms with van der Waals surface area (Å²) >= 11 is 0. The zero-order valence-corrected chi connectivity index (χ0v) is 11.2. The number of piperidine rings is 1. The molecule has 0 bridgehead atoms. The molecule has 1 saturated heterocycles. The van der Waals surface area contributed by atoms with Crippen molar-refractivity contribution in [1.82, 2.24) is 0 Å². The van der Waals surface area contributed by atoms with Crippen LogP contribution in [0, 0.1) is 17.2 Å². The summed E-state index contributed by atoms with van der Waals surface area (Å²) < 4.78 is 37.5. The van der Waals surface area contributed by atoms with Gasteiger partial charge in [0.15, 0.2) is 0 Å². The van der Waals surface area contributed by atoms with Gasteiger partial charge in [0.05, 0.1) is 11.6 Å². The van der Waals surface area contributed by atoms with Crippen LogP contribution < -0.4 is 4.90 Å². The van der Waals surface area contributed by atoms with E-state index in [-0.39, 0.29) is 0 Å². The molecular formula is C15H17F3N2. The lowest BCUT2D eigenvalue weighted by atomic mass is 9.92. The molecule has 0 aliphatic carbocycles. The van der Waals surface area contributed by atoms with Crippen LogP contribution in [-0.4, -0.2) is 13.1 Å². The molecule has 1 aliphatic rings. The van der Waals surface area contributed by atoms with E-state index in [4.69, 9.17) is 5.26 Å². The minimum atomic E-state index is -4.27. The third-order valence-electron chi connectivity index (χ3n) is 3.84. The predicted octanol–water partition coefficient (Wildman–Crippen LogP) is 4.23. The van der Waals surface area contributed by atoms with Crippen LogP contribution in [0.15, 0.2) is 24.3 Å². The summed E-state index contributed by atoms with van der Waals surface area (Å²) in [7, 11) is 0. The monoisotopic (exact) mass is 282 g/mol. The van der Waals surface area contributed by atoms with Gasteiger partial charge in [-0.3, -0.25) is 0 Å². The Morgan fingerprint density at radius 1 is 1.15 bits per heavy atom. The van der Waals surface area contributed by atoms with Crippen LogP contribution in [0.1, 0.15) is 31.2 Å². The van der Waals surface area contributed by atoms with E-state index in [1.807, 2.05) is 0 Å². The number of rotatable bonds is 3. The standard InChI is InChI=1S/C15H17F3N2/c16-15(17,18)13-3-5-14(6-4-13)20-10-7-12(8-11-20)2-1-9-19/h3-6,12H,1-2,7-8,10-11H2. The fourth-order valence-corrected chi connectivity index (χ4v) is 2.61. The first-order valence-corrected chi connectivity index (χ1v) is 6.80. The maximum absolute atomic E-state index is 12.5. The normalized spacial score (nSPS) is 17.0. The quantitative estimate of drug-likeness (QED) is 0.829. The summed E-state index contributed by atoms with van der Waals surface area (Å²) in [6, 6.07) is 7.51. The Labute approximate surface area is 116 Å². The molecule has 0 saturated carbocycles. The van der Waals surface area contributed by atoms with Crippen molar-refractivity contribution in [3.05, 3.63) is 29.8 Å². The number of hydrogen-bond donors (Lipinski definition) is 0. The molecule has 0 unspecified atom stereocenters. The topological polar surface area (TPSA) is 27.0 Å². The molecule has 0 aromatic heterocycles. The highest BCUT2D eigenvalue weighted by molar-refractivity contribution is 5.48. The summed E-state index contributed by atoms with van der Waals surface area (Å²) in [4.78, 5) is 2.11. The van der Waals surface area contributed by atoms with E-state index in [0.717, 1.165) is 50.2 Å². The average molecular weight is 282 g/mol. The van der Waals surface area contributed by atoms with Gasteiger partial charge in [0, 0.05) is 25.2 Å². The highest BCUT2D eigenvalue weighted by atomic mass is 19.4. The molecule has 0 spiro atoms.